The van der Waals surface area contributed by atoms with Gasteiger partial charge in [-0.05, 0) is 64.0 Å². The van der Waals surface area contributed by atoms with Crippen molar-refractivity contribution in [1.82, 2.24) is 4.90 Å². The summed E-state index contributed by atoms with van der Waals surface area (Å²) in [6.07, 6.45) is 6.79. The van der Waals surface area contributed by atoms with Crippen LogP contribution in [0.3, 0.4) is 0 Å². The van der Waals surface area contributed by atoms with E-state index < -0.39 is 0 Å². The zero-order valence-corrected chi connectivity index (χ0v) is 12.8. The van der Waals surface area contributed by atoms with Crippen molar-refractivity contribution in [2.75, 3.05) is 19.7 Å². The number of carbonyl (C=O) groups excluding carboxylic acids is 1. The number of hydrogen-bond acceptors (Lipinski definition) is 3. The molecule has 0 aromatic rings. The second-order valence-electron chi connectivity index (χ2n) is 6.75. The fraction of sp³-hybridized carbons (Fsp3) is 0.938. The Morgan fingerprint density at radius 2 is 1.79 bits per heavy atom. The molecule has 2 fully saturated rings. The minimum atomic E-state index is -0.00398. The molecule has 3 nitrogen and oxygen atoms in total. The number of ether oxygens (including phenoxy) is 1. The van der Waals surface area contributed by atoms with E-state index in [1.807, 2.05) is 6.92 Å². The fourth-order valence-electron chi connectivity index (χ4n) is 4.42. The molecule has 1 saturated carbocycles. The van der Waals surface area contributed by atoms with Gasteiger partial charge in [0.1, 0.15) is 0 Å². The number of rotatable bonds is 4. The minimum absolute atomic E-state index is 0.00398. The first-order valence-corrected chi connectivity index (χ1v) is 7.96. The summed E-state index contributed by atoms with van der Waals surface area (Å²) in [5, 5.41) is 0. The van der Waals surface area contributed by atoms with Crippen LogP contribution in [-0.4, -0.2) is 36.1 Å². The molecule has 2 unspecified atom stereocenters. The van der Waals surface area contributed by atoms with Crippen LogP contribution in [0.4, 0.5) is 0 Å². The molecule has 0 aromatic carbocycles. The second kappa shape index (κ2) is 6.25. The summed E-state index contributed by atoms with van der Waals surface area (Å²) in [7, 11) is 0. The van der Waals surface area contributed by atoms with E-state index in [2.05, 4.69) is 18.7 Å². The van der Waals surface area contributed by atoms with E-state index in [-0.39, 0.29) is 11.5 Å². The number of nitrogens with zero attached hydrogens (tertiary/aromatic N) is 1. The highest BCUT2D eigenvalue weighted by molar-refractivity contribution is 5.71. The smallest absolute Gasteiger partial charge is 0.307 e. The minimum Gasteiger partial charge on any atom is -0.466 e. The molecular weight excluding hydrogens is 238 g/mol. The quantitative estimate of drug-likeness (QED) is 0.732. The molecule has 0 aromatic heterocycles. The summed E-state index contributed by atoms with van der Waals surface area (Å²) in [4.78, 5) is 14.6. The van der Waals surface area contributed by atoms with Gasteiger partial charge >= 0.3 is 5.97 Å². The van der Waals surface area contributed by atoms with Gasteiger partial charge in [0.05, 0.1) is 13.0 Å². The van der Waals surface area contributed by atoms with Gasteiger partial charge < -0.3 is 4.74 Å². The maximum Gasteiger partial charge on any atom is 0.307 e. The van der Waals surface area contributed by atoms with Crippen molar-refractivity contribution in [3.8, 4) is 0 Å². The highest BCUT2D eigenvalue weighted by Crippen LogP contribution is 2.43. The predicted molar refractivity (Wildman–Crippen MR) is 77.0 cm³/mol. The van der Waals surface area contributed by atoms with E-state index in [1.165, 1.54) is 32.4 Å². The lowest BCUT2D eigenvalue weighted by atomic mass is 9.69. The lowest BCUT2D eigenvalue weighted by Crippen LogP contribution is -2.53. The maximum absolute atomic E-state index is 12.0. The Morgan fingerprint density at radius 1 is 1.21 bits per heavy atom. The lowest BCUT2D eigenvalue weighted by Gasteiger charge is -2.48. The number of hydrogen-bond donors (Lipinski definition) is 0. The summed E-state index contributed by atoms with van der Waals surface area (Å²) in [5.74, 6) is 1.44. The van der Waals surface area contributed by atoms with Crippen LogP contribution in [0.1, 0.15) is 59.3 Å². The van der Waals surface area contributed by atoms with Gasteiger partial charge in [0.2, 0.25) is 0 Å². The molecule has 1 heterocycles. The van der Waals surface area contributed by atoms with Gasteiger partial charge in [-0.15, -0.1) is 0 Å². The van der Waals surface area contributed by atoms with Crippen molar-refractivity contribution in [2.24, 2.45) is 11.8 Å². The molecule has 1 saturated heterocycles. The van der Waals surface area contributed by atoms with Crippen LogP contribution < -0.4 is 0 Å². The van der Waals surface area contributed by atoms with Crippen LogP contribution >= 0.6 is 0 Å². The molecule has 1 aliphatic carbocycles. The second-order valence-corrected chi connectivity index (χ2v) is 6.75. The van der Waals surface area contributed by atoms with Crippen LogP contribution in [-0.2, 0) is 9.53 Å². The van der Waals surface area contributed by atoms with Gasteiger partial charge in [-0.2, -0.15) is 0 Å². The number of carbonyl (C=O) groups is 1. The molecule has 0 radical (unpaired) electrons. The summed E-state index contributed by atoms with van der Waals surface area (Å²) in [6, 6.07) is 0. The van der Waals surface area contributed by atoms with Gasteiger partial charge in [-0.1, -0.05) is 13.8 Å². The first-order chi connectivity index (χ1) is 9.05. The van der Waals surface area contributed by atoms with E-state index in [4.69, 9.17) is 4.74 Å². The van der Waals surface area contributed by atoms with Crippen molar-refractivity contribution < 1.29 is 9.53 Å². The highest BCUT2D eigenvalue weighted by Gasteiger charge is 2.44. The van der Waals surface area contributed by atoms with E-state index >= 15 is 0 Å². The zero-order chi connectivity index (χ0) is 13.9. The molecule has 3 heteroatoms. The Kier molecular flexibility index (Phi) is 4.88. The van der Waals surface area contributed by atoms with Gasteiger partial charge in [0.25, 0.3) is 0 Å². The molecule has 19 heavy (non-hydrogen) atoms. The van der Waals surface area contributed by atoms with Crippen molar-refractivity contribution in [1.29, 1.82) is 0 Å². The van der Waals surface area contributed by atoms with Crippen molar-refractivity contribution in [2.45, 2.75) is 64.8 Å². The van der Waals surface area contributed by atoms with Gasteiger partial charge in [-0.3, -0.25) is 9.69 Å². The predicted octanol–water partition coefficient (Wildman–Crippen LogP) is 3.23. The Bertz CT molecular complexity index is 300. The first-order valence-electron chi connectivity index (χ1n) is 7.96. The number of likely N-dealkylation sites (tertiary alicyclic amines) is 1. The van der Waals surface area contributed by atoms with Crippen LogP contribution in [0, 0.1) is 11.8 Å². The van der Waals surface area contributed by atoms with Gasteiger partial charge in [-0.25, -0.2) is 0 Å². The average Bonchev–Trinajstić information content (AvgIpc) is 2.81. The lowest BCUT2D eigenvalue weighted by molar-refractivity contribution is -0.148. The van der Waals surface area contributed by atoms with E-state index in [9.17, 15) is 4.79 Å². The average molecular weight is 267 g/mol. The Labute approximate surface area is 117 Å². The molecule has 1 aliphatic heterocycles. The van der Waals surface area contributed by atoms with Crippen LogP contribution in [0.15, 0.2) is 0 Å². The molecule has 2 rings (SSSR count). The van der Waals surface area contributed by atoms with Gasteiger partial charge in [0.15, 0.2) is 0 Å². The zero-order valence-electron chi connectivity index (χ0n) is 12.8. The monoisotopic (exact) mass is 267 g/mol. The Hall–Kier alpha value is -0.570. The van der Waals surface area contributed by atoms with Crippen LogP contribution in [0.2, 0.25) is 0 Å². The summed E-state index contributed by atoms with van der Waals surface area (Å²) in [5.41, 5.74) is 0.0832. The highest BCUT2D eigenvalue weighted by atomic mass is 16.5. The summed E-state index contributed by atoms with van der Waals surface area (Å²) >= 11 is 0. The normalized spacial score (nSPS) is 36.4. The van der Waals surface area contributed by atoms with Crippen molar-refractivity contribution in [3.05, 3.63) is 0 Å². The van der Waals surface area contributed by atoms with Crippen molar-refractivity contribution >= 4 is 5.97 Å². The van der Waals surface area contributed by atoms with Gasteiger partial charge in [0, 0.05) is 5.54 Å². The fourth-order valence-corrected chi connectivity index (χ4v) is 4.42. The molecular formula is C16H29NO2. The first kappa shape index (κ1) is 14.8. The molecule has 2 aliphatic rings. The molecule has 110 valence electrons. The topological polar surface area (TPSA) is 29.5 Å². The molecule has 0 amide bonds. The van der Waals surface area contributed by atoms with E-state index in [0.717, 1.165) is 24.7 Å². The Balaban J connectivity index is 2.13. The summed E-state index contributed by atoms with van der Waals surface area (Å²) < 4.78 is 5.23. The SMILES string of the molecule is CCOC(=O)CC1(N2CCCC2)CC(C)CC(C)C1. The van der Waals surface area contributed by atoms with Crippen LogP contribution in [0.25, 0.3) is 0 Å². The molecule has 2 atom stereocenters. The maximum atomic E-state index is 12.0. The molecule has 0 spiro atoms. The summed E-state index contributed by atoms with van der Waals surface area (Å²) in [6.45, 7) is 9.40. The van der Waals surface area contributed by atoms with Crippen LogP contribution in [0.5, 0.6) is 0 Å². The van der Waals surface area contributed by atoms with Crippen molar-refractivity contribution in [3.63, 3.8) is 0 Å². The largest absolute Gasteiger partial charge is 0.466 e. The third-order valence-corrected chi connectivity index (χ3v) is 4.82. The van der Waals surface area contributed by atoms with E-state index in [1.54, 1.807) is 0 Å². The molecule has 0 bridgehead atoms. The third-order valence-electron chi connectivity index (χ3n) is 4.82. The Morgan fingerprint density at radius 3 is 2.32 bits per heavy atom. The molecule has 0 N–H and O–H groups in total. The standard InChI is InChI=1S/C16H29NO2/c1-4-19-15(18)12-16(17-7-5-6-8-17)10-13(2)9-14(3)11-16/h13-14H,4-12H2,1-3H3. The third kappa shape index (κ3) is 3.50. The van der Waals surface area contributed by atoms with E-state index in [0.29, 0.717) is 13.0 Å². The number of esters is 1.